The number of rotatable bonds is 3. The standard InChI is InChI=1S/C15H20N2O2S/c1-15(2,3)11-4-6-12(7-5-11)20-10-13(18)17-9-8-16-14(17)19/h4-7H,8-10H2,1-3H3,(H,16,19). The number of hydrogen-bond donors (Lipinski definition) is 1. The van der Waals surface area contributed by atoms with Crippen LogP contribution in [-0.4, -0.2) is 35.7 Å². The van der Waals surface area contributed by atoms with Crippen molar-refractivity contribution in [3.63, 3.8) is 0 Å². The summed E-state index contributed by atoms with van der Waals surface area (Å²) in [7, 11) is 0. The molecule has 1 aromatic carbocycles. The van der Waals surface area contributed by atoms with Crippen molar-refractivity contribution >= 4 is 23.7 Å². The highest BCUT2D eigenvalue weighted by atomic mass is 32.2. The maximum absolute atomic E-state index is 11.9. The van der Waals surface area contributed by atoms with Crippen LogP contribution in [0.1, 0.15) is 26.3 Å². The minimum atomic E-state index is -0.279. The minimum absolute atomic E-state index is 0.132. The van der Waals surface area contributed by atoms with Crippen LogP contribution in [0.25, 0.3) is 0 Å². The molecule has 5 heteroatoms. The molecule has 0 radical (unpaired) electrons. The molecule has 3 amide bonds. The van der Waals surface area contributed by atoms with Gasteiger partial charge in [0.2, 0.25) is 5.91 Å². The molecule has 0 atom stereocenters. The smallest absolute Gasteiger partial charge is 0.324 e. The van der Waals surface area contributed by atoms with Crippen molar-refractivity contribution in [2.75, 3.05) is 18.8 Å². The number of amides is 3. The highest BCUT2D eigenvalue weighted by Crippen LogP contribution is 2.25. The molecular weight excluding hydrogens is 272 g/mol. The Morgan fingerprint density at radius 1 is 1.30 bits per heavy atom. The van der Waals surface area contributed by atoms with Crippen molar-refractivity contribution in [3.05, 3.63) is 29.8 Å². The van der Waals surface area contributed by atoms with Gasteiger partial charge in [-0.2, -0.15) is 0 Å². The van der Waals surface area contributed by atoms with Gasteiger partial charge in [-0.15, -0.1) is 11.8 Å². The van der Waals surface area contributed by atoms with Crippen molar-refractivity contribution in [2.45, 2.75) is 31.1 Å². The Labute approximate surface area is 123 Å². The third kappa shape index (κ3) is 3.54. The number of hydrogen-bond acceptors (Lipinski definition) is 3. The summed E-state index contributed by atoms with van der Waals surface area (Å²) < 4.78 is 0. The Bertz CT molecular complexity index is 506. The summed E-state index contributed by atoms with van der Waals surface area (Å²) in [6.45, 7) is 7.54. The molecule has 1 aliphatic rings. The van der Waals surface area contributed by atoms with Crippen LogP contribution in [0.15, 0.2) is 29.2 Å². The summed E-state index contributed by atoms with van der Waals surface area (Å²) in [4.78, 5) is 25.6. The lowest BCUT2D eigenvalue weighted by Crippen LogP contribution is -2.35. The van der Waals surface area contributed by atoms with E-state index >= 15 is 0 Å². The Kier molecular flexibility index (Phi) is 4.38. The summed E-state index contributed by atoms with van der Waals surface area (Å²) in [6, 6.07) is 7.97. The second-order valence-corrected chi connectivity index (χ2v) is 6.89. The molecule has 1 aromatic rings. The highest BCUT2D eigenvalue weighted by Gasteiger charge is 2.25. The Hall–Kier alpha value is -1.49. The predicted octanol–water partition coefficient (Wildman–Crippen LogP) is 2.63. The van der Waals surface area contributed by atoms with Gasteiger partial charge in [0.05, 0.1) is 5.75 Å². The molecule has 1 N–H and O–H groups in total. The van der Waals surface area contributed by atoms with Crippen LogP contribution in [0.3, 0.4) is 0 Å². The lowest BCUT2D eigenvalue weighted by molar-refractivity contribution is -0.124. The molecule has 20 heavy (non-hydrogen) atoms. The zero-order valence-corrected chi connectivity index (χ0v) is 12.9. The molecule has 0 aromatic heterocycles. The van der Waals surface area contributed by atoms with Crippen LogP contribution < -0.4 is 5.32 Å². The van der Waals surface area contributed by atoms with E-state index in [9.17, 15) is 9.59 Å². The van der Waals surface area contributed by atoms with E-state index < -0.39 is 0 Å². The fourth-order valence-corrected chi connectivity index (χ4v) is 2.76. The van der Waals surface area contributed by atoms with Crippen LogP contribution in [0, 0.1) is 0 Å². The third-order valence-corrected chi connectivity index (χ3v) is 4.24. The summed E-state index contributed by atoms with van der Waals surface area (Å²) in [6.07, 6.45) is 0. The van der Waals surface area contributed by atoms with E-state index in [1.807, 2.05) is 12.1 Å². The Morgan fingerprint density at radius 2 is 1.95 bits per heavy atom. The lowest BCUT2D eigenvalue weighted by Gasteiger charge is -2.19. The summed E-state index contributed by atoms with van der Waals surface area (Å²) in [5.41, 5.74) is 1.40. The number of carbonyl (C=O) groups excluding carboxylic acids is 2. The number of nitrogens with one attached hydrogen (secondary N) is 1. The third-order valence-electron chi connectivity index (χ3n) is 3.24. The lowest BCUT2D eigenvalue weighted by atomic mass is 9.87. The molecule has 1 aliphatic heterocycles. The molecule has 0 spiro atoms. The molecule has 1 heterocycles. The molecule has 0 bridgehead atoms. The average Bonchev–Trinajstić information content (AvgIpc) is 2.82. The molecule has 0 aliphatic carbocycles. The van der Waals surface area contributed by atoms with Gasteiger partial charge in [-0.1, -0.05) is 32.9 Å². The van der Waals surface area contributed by atoms with Gasteiger partial charge >= 0.3 is 6.03 Å². The van der Waals surface area contributed by atoms with Gasteiger partial charge in [-0.05, 0) is 23.1 Å². The van der Waals surface area contributed by atoms with Crippen LogP contribution in [0.2, 0.25) is 0 Å². The Balaban J connectivity index is 1.91. The SMILES string of the molecule is CC(C)(C)c1ccc(SCC(=O)N2CCNC2=O)cc1. The van der Waals surface area contributed by atoms with E-state index in [0.29, 0.717) is 18.8 Å². The molecule has 108 valence electrons. The maximum atomic E-state index is 11.9. The zero-order valence-electron chi connectivity index (χ0n) is 12.1. The topological polar surface area (TPSA) is 49.4 Å². The minimum Gasteiger partial charge on any atom is -0.336 e. The first-order valence-electron chi connectivity index (χ1n) is 6.69. The van der Waals surface area contributed by atoms with E-state index in [-0.39, 0.29) is 17.4 Å². The first-order chi connectivity index (χ1) is 9.38. The molecular formula is C15H20N2O2S. The number of carbonyl (C=O) groups is 2. The monoisotopic (exact) mass is 292 g/mol. The fraction of sp³-hybridized carbons (Fsp3) is 0.467. The zero-order chi connectivity index (χ0) is 14.8. The van der Waals surface area contributed by atoms with Crippen molar-refractivity contribution < 1.29 is 9.59 Å². The summed E-state index contributed by atoms with van der Waals surface area (Å²) >= 11 is 1.47. The molecule has 0 saturated carbocycles. The van der Waals surface area contributed by atoms with E-state index in [1.54, 1.807) is 0 Å². The number of nitrogens with zero attached hydrogens (tertiary/aromatic N) is 1. The molecule has 4 nitrogen and oxygen atoms in total. The van der Waals surface area contributed by atoms with Crippen LogP contribution in [0.5, 0.6) is 0 Å². The number of thioether (sulfide) groups is 1. The van der Waals surface area contributed by atoms with Gasteiger partial charge in [0.15, 0.2) is 0 Å². The fourth-order valence-electron chi connectivity index (χ4n) is 1.98. The van der Waals surface area contributed by atoms with Gasteiger partial charge in [0.1, 0.15) is 0 Å². The van der Waals surface area contributed by atoms with Crippen molar-refractivity contribution in [2.24, 2.45) is 0 Å². The first kappa shape index (κ1) is 14.9. The second kappa shape index (κ2) is 5.87. The van der Waals surface area contributed by atoms with Crippen molar-refractivity contribution in [1.82, 2.24) is 10.2 Å². The second-order valence-electron chi connectivity index (χ2n) is 5.84. The first-order valence-corrected chi connectivity index (χ1v) is 7.68. The largest absolute Gasteiger partial charge is 0.336 e. The molecule has 0 unspecified atom stereocenters. The van der Waals surface area contributed by atoms with Gasteiger partial charge in [0, 0.05) is 18.0 Å². The van der Waals surface area contributed by atoms with Gasteiger partial charge in [-0.25, -0.2) is 4.79 Å². The van der Waals surface area contributed by atoms with E-state index in [1.165, 1.54) is 22.2 Å². The number of imide groups is 1. The highest BCUT2D eigenvalue weighted by molar-refractivity contribution is 8.00. The van der Waals surface area contributed by atoms with Crippen LogP contribution in [0.4, 0.5) is 4.79 Å². The number of benzene rings is 1. The van der Waals surface area contributed by atoms with E-state index in [4.69, 9.17) is 0 Å². The average molecular weight is 292 g/mol. The molecule has 1 saturated heterocycles. The summed E-state index contributed by atoms with van der Waals surface area (Å²) in [5, 5.41) is 2.63. The maximum Gasteiger partial charge on any atom is 0.324 e. The normalized spacial score (nSPS) is 15.3. The predicted molar refractivity (Wildman–Crippen MR) is 81.0 cm³/mol. The van der Waals surface area contributed by atoms with Gasteiger partial charge in [-0.3, -0.25) is 9.69 Å². The van der Waals surface area contributed by atoms with E-state index in [2.05, 4.69) is 38.2 Å². The Morgan fingerprint density at radius 3 is 2.45 bits per heavy atom. The number of urea groups is 1. The molecule has 1 fully saturated rings. The van der Waals surface area contributed by atoms with Gasteiger partial charge < -0.3 is 5.32 Å². The van der Waals surface area contributed by atoms with Crippen LogP contribution >= 0.6 is 11.8 Å². The molecule has 2 rings (SSSR count). The summed E-state index contributed by atoms with van der Waals surface area (Å²) in [5.74, 6) is 0.160. The van der Waals surface area contributed by atoms with E-state index in [0.717, 1.165) is 4.90 Å². The van der Waals surface area contributed by atoms with Crippen molar-refractivity contribution in [3.8, 4) is 0 Å². The quantitative estimate of drug-likeness (QED) is 0.871. The van der Waals surface area contributed by atoms with Crippen LogP contribution in [-0.2, 0) is 10.2 Å². The van der Waals surface area contributed by atoms with Crippen molar-refractivity contribution in [1.29, 1.82) is 0 Å². The van der Waals surface area contributed by atoms with Gasteiger partial charge in [0.25, 0.3) is 0 Å².